The van der Waals surface area contributed by atoms with Crippen LogP contribution < -0.4 is 15.8 Å². The molecule has 0 aliphatic carbocycles. The van der Waals surface area contributed by atoms with Gasteiger partial charge < -0.3 is 14.6 Å². The lowest BCUT2D eigenvalue weighted by Gasteiger charge is -2.19. The maximum absolute atomic E-state index is 12.8. The Morgan fingerprint density at radius 2 is 1.88 bits per heavy atom. The number of carbonyl (C=O) groups is 2. The van der Waals surface area contributed by atoms with E-state index in [-0.39, 0.29) is 37.1 Å². The molecule has 0 saturated carbocycles. The molecule has 0 unspecified atom stereocenters. The second-order valence-electron chi connectivity index (χ2n) is 8.21. The number of urea groups is 1. The average Bonchev–Trinajstić information content (AvgIpc) is 3.46. The summed E-state index contributed by atoms with van der Waals surface area (Å²) in [6.45, 7) is 5.65. The van der Waals surface area contributed by atoms with Crippen LogP contribution in [0.2, 0.25) is 0 Å². The second-order valence-corrected chi connectivity index (χ2v) is 8.21. The summed E-state index contributed by atoms with van der Waals surface area (Å²) in [5.41, 5.74) is 2.31. The molecule has 1 saturated heterocycles. The molecule has 1 aliphatic rings. The minimum absolute atomic E-state index is 0.0336. The number of aromatic nitrogens is 2. The van der Waals surface area contributed by atoms with Crippen molar-refractivity contribution in [1.82, 2.24) is 20.0 Å². The van der Waals surface area contributed by atoms with Crippen molar-refractivity contribution in [3.8, 4) is 11.5 Å². The van der Waals surface area contributed by atoms with Crippen molar-refractivity contribution in [2.75, 3.05) is 31.1 Å². The van der Waals surface area contributed by atoms with E-state index in [1.54, 1.807) is 23.1 Å². The van der Waals surface area contributed by atoms with Gasteiger partial charge in [0.05, 0.1) is 12.8 Å². The molecule has 0 atom stereocenters. The Bertz CT molecular complexity index is 1170. The van der Waals surface area contributed by atoms with Crippen molar-refractivity contribution in [2.45, 2.75) is 26.3 Å². The maximum atomic E-state index is 12.8. The predicted octanol–water partition coefficient (Wildman–Crippen LogP) is 2.69. The molecule has 2 aromatic heterocycles. The van der Waals surface area contributed by atoms with Crippen molar-refractivity contribution in [3.63, 3.8) is 0 Å². The fraction of sp³-hybridized carbons (Fsp3) is 0.333. The molecule has 9 nitrogen and oxygen atoms in total. The van der Waals surface area contributed by atoms with Gasteiger partial charge in [-0.25, -0.2) is 9.48 Å². The fourth-order valence-electron chi connectivity index (χ4n) is 3.70. The Hall–Kier alpha value is -3.88. The van der Waals surface area contributed by atoms with E-state index >= 15 is 0 Å². The standard InChI is InChI=1S/C24H27N5O4/c1-17(2)18-5-7-19(8-6-18)28-14-13-27(24(28)32)16-22(30)25-11-12-29-23(31)10-9-20(26-29)21-4-3-15-33-21/h3-10,15,17H,11-14,16H2,1-2H3,(H,25,30). The first kappa shape index (κ1) is 22.3. The van der Waals surface area contributed by atoms with E-state index in [9.17, 15) is 14.4 Å². The fourth-order valence-corrected chi connectivity index (χ4v) is 3.70. The average molecular weight is 450 g/mol. The molecular formula is C24H27N5O4. The number of carbonyl (C=O) groups excluding carboxylic acids is 2. The first-order chi connectivity index (χ1) is 15.9. The van der Waals surface area contributed by atoms with Gasteiger partial charge in [0.1, 0.15) is 12.2 Å². The summed E-state index contributed by atoms with van der Waals surface area (Å²) in [4.78, 5) is 40.4. The van der Waals surface area contributed by atoms with Gasteiger partial charge in [0, 0.05) is 31.4 Å². The van der Waals surface area contributed by atoms with Crippen molar-refractivity contribution >= 4 is 17.6 Å². The lowest BCUT2D eigenvalue weighted by atomic mass is 10.0. The first-order valence-corrected chi connectivity index (χ1v) is 11.0. The van der Waals surface area contributed by atoms with Crippen molar-refractivity contribution in [2.24, 2.45) is 0 Å². The van der Waals surface area contributed by atoms with E-state index in [0.717, 1.165) is 5.69 Å². The molecule has 1 N–H and O–H groups in total. The second kappa shape index (κ2) is 9.72. The predicted molar refractivity (Wildman–Crippen MR) is 124 cm³/mol. The molecule has 3 amide bonds. The number of hydrogen-bond donors (Lipinski definition) is 1. The molecule has 172 valence electrons. The van der Waals surface area contributed by atoms with Crippen molar-refractivity contribution in [3.05, 3.63) is 70.7 Å². The highest BCUT2D eigenvalue weighted by atomic mass is 16.3. The number of rotatable bonds is 8. The van der Waals surface area contributed by atoms with Gasteiger partial charge in [-0.2, -0.15) is 5.10 Å². The van der Waals surface area contributed by atoms with Crippen LogP contribution in [0.3, 0.4) is 0 Å². The summed E-state index contributed by atoms with van der Waals surface area (Å²) in [6.07, 6.45) is 1.54. The highest BCUT2D eigenvalue weighted by molar-refractivity contribution is 5.96. The third-order valence-corrected chi connectivity index (χ3v) is 5.59. The van der Waals surface area contributed by atoms with E-state index in [2.05, 4.69) is 24.3 Å². The van der Waals surface area contributed by atoms with Crippen molar-refractivity contribution < 1.29 is 14.0 Å². The monoisotopic (exact) mass is 449 g/mol. The van der Waals surface area contributed by atoms with Crippen molar-refractivity contribution in [1.29, 1.82) is 0 Å². The molecule has 1 aliphatic heterocycles. The van der Waals surface area contributed by atoms with E-state index in [1.165, 1.54) is 27.5 Å². The van der Waals surface area contributed by atoms with Gasteiger partial charge in [-0.3, -0.25) is 14.5 Å². The summed E-state index contributed by atoms with van der Waals surface area (Å²) in [7, 11) is 0. The number of anilines is 1. The van der Waals surface area contributed by atoms with E-state index in [1.807, 2.05) is 24.3 Å². The summed E-state index contributed by atoms with van der Waals surface area (Å²) >= 11 is 0. The molecule has 0 bridgehead atoms. The number of benzene rings is 1. The number of nitrogens with one attached hydrogen (secondary N) is 1. The molecule has 33 heavy (non-hydrogen) atoms. The Kier molecular flexibility index (Phi) is 6.58. The number of hydrogen-bond acceptors (Lipinski definition) is 5. The molecule has 0 radical (unpaired) electrons. The Morgan fingerprint density at radius 1 is 1.09 bits per heavy atom. The summed E-state index contributed by atoms with van der Waals surface area (Å²) in [6, 6.07) is 14.3. The molecule has 9 heteroatoms. The van der Waals surface area contributed by atoms with Gasteiger partial charge in [-0.15, -0.1) is 0 Å². The molecule has 0 spiro atoms. The Labute approximate surface area is 191 Å². The van der Waals surface area contributed by atoms with Gasteiger partial charge in [-0.05, 0) is 41.8 Å². The largest absolute Gasteiger partial charge is 0.463 e. The minimum atomic E-state index is -0.282. The van der Waals surface area contributed by atoms with E-state index < -0.39 is 0 Å². The van der Waals surface area contributed by atoms with Crippen LogP contribution in [0.25, 0.3) is 11.5 Å². The zero-order chi connectivity index (χ0) is 23.4. The highest BCUT2D eigenvalue weighted by Crippen LogP contribution is 2.23. The van der Waals surface area contributed by atoms with Gasteiger partial charge in [-0.1, -0.05) is 26.0 Å². The van der Waals surface area contributed by atoms with Crippen LogP contribution in [0.4, 0.5) is 10.5 Å². The number of amides is 3. The third-order valence-electron chi connectivity index (χ3n) is 5.59. The molecule has 1 fully saturated rings. The molecule has 1 aromatic carbocycles. The zero-order valence-corrected chi connectivity index (χ0v) is 18.7. The Morgan fingerprint density at radius 3 is 2.58 bits per heavy atom. The van der Waals surface area contributed by atoms with E-state index in [4.69, 9.17) is 4.42 Å². The normalized spacial score (nSPS) is 13.7. The van der Waals surface area contributed by atoms with Crippen LogP contribution in [0.5, 0.6) is 0 Å². The maximum Gasteiger partial charge on any atom is 0.325 e. The van der Waals surface area contributed by atoms with Gasteiger partial charge in [0.25, 0.3) is 5.56 Å². The quantitative estimate of drug-likeness (QED) is 0.570. The third kappa shape index (κ3) is 5.14. The molecule has 4 rings (SSSR count). The number of furan rings is 1. The van der Waals surface area contributed by atoms with Gasteiger partial charge >= 0.3 is 6.03 Å². The SMILES string of the molecule is CC(C)c1ccc(N2CCN(CC(=O)NCCn3nc(-c4ccco4)ccc3=O)C2=O)cc1. The van der Waals surface area contributed by atoms with Crippen LogP contribution >= 0.6 is 0 Å². The van der Waals surface area contributed by atoms with Gasteiger partial charge in [0.2, 0.25) is 5.91 Å². The topological polar surface area (TPSA) is 101 Å². The zero-order valence-electron chi connectivity index (χ0n) is 18.7. The summed E-state index contributed by atoms with van der Waals surface area (Å²) < 4.78 is 6.59. The minimum Gasteiger partial charge on any atom is -0.463 e. The van der Waals surface area contributed by atoms with Crippen LogP contribution in [-0.2, 0) is 11.3 Å². The molecule has 3 heterocycles. The van der Waals surface area contributed by atoms with Crippen LogP contribution in [-0.4, -0.2) is 52.8 Å². The smallest absolute Gasteiger partial charge is 0.325 e. The lowest BCUT2D eigenvalue weighted by Crippen LogP contribution is -2.41. The lowest BCUT2D eigenvalue weighted by molar-refractivity contribution is -0.121. The van der Waals surface area contributed by atoms with Crippen LogP contribution in [0.1, 0.15) is 25.3 Å². The highest BCUT2D eigenvalue weighted by Gasteiger charge is 2.30. The summed E-state index contributed by atoms with van der Waals surface area (Å²) in [5.74, 6) is 0.700. The number of nitrogens with zero attached hydrogens (tertiary/aromatic N) is 4. The van der Waals surface area contributed by atoms with E-state index in [0.29, 0.717) is 30.5 Å². The van der Waals surface area contributed by atoms with Crippen LogP contribution in [0, 0.1) is 0 Å². The van der Waals surface area contributed by atoms with Crippen LogP contribution in [0.15, 0.2) is 64.0 Å². The molecule has 3 aromatic rings. The molecular weight excluding hydrogens is 422 g/mol. The van der Waals surface area contributed by atoms with Gasteiger partial charge in [0.15, 0.2) is 5.76 Å². The Balaban J connectivity index is 1.29. The summed E-state index contributed by atoms with van der Waals surface area (Å²) in [5, 5.41) is 7.04. The first-order valence-electron chi connectivity index (χ1n) is 11.0.